The maximum atomic E-state index is 11.5. The Morgan fingerprint density at radius 2 is 2.00 bits per heavy atom. The summed E-state index contributed by atoms with van der Waals surface area (Å²) in [4.78, 5) is 22.9. The van der Waals surface area contributed by atoms with Crippen LogP contribution in [0, 0.1) is 0 Å². The summed E-state index contributed by atoms with van der Waals surface area (Å²) in [6.45, 7) is 1.47. The Kier molecular flexibility index (Phi) is 14.4. The van der Waals surface area contributed by atoms with Crippen molar-refractivity contribution in [2.24, 2.45) is 5.73 Å². The monoisotopic (exact) mass is 370 g/mol. The topological polar surface area (TPSA) is 90.6 Å². The zero-order chi connectivity index (χ0) is 16.8. The molecular formula is C13H26N2O4S3. The third-order valence-corrected chi connectivity index (χ3v) is 5.68. The van der Waals surface area contributed by atoms with Crippen LogP contribution in [0.1, 0.15) is 19.8 Å². The van der Waals surface area contributed by atoms with Crippen LogP contribution in [0.3, 0.4) is 0 Å². The Morgan fingerprint density at radius 3 is 2.64 bits per heavy atom. The fourth-order valence-electron chi connectivity index (χ4n) is 1.22. The van der Waals surface area contributed by atoms with E-state index in [0.29, 0.717) is 12.2 Å². The van der Waals surface area contributed by atoms with Crippen molar-refractivity contribution in [1.82, 2.24) is 5.32 Å². The molecule has 0 saturated heterocycles. The molecule has 0 radical (unpaired) electrons. The third-order valence-electron chi connectivity index (χ3n) is 2.53. The molecule has 22 heavy (non-hydrogen) atoms. The average molecular weight is 371 g/mol. The van der Waals surface area contributed by atoms with Crippen LogP contribution in [0.15, 0.2) is 0 Å². The van der Waals surface area contributed by atoms with Crippen molar-refractivity contribution < 1.29 is 19.1 Å². The molecule has 9 heteroatoms. The van der Waals surface area contributed by atoms with Crippen molar-refractivity contribution in [2.45, 2.75) is 32.1 Å². The van der Waals surface area contributed by atoms with E-state index in [1.165, 1.54) is 7.11 Å². The molecule has 0 bridgehead atoms. The number of hydrogen-bond acceptors (Lipinski definition) is 8. The first kappa shape index (κ1) is 21.9. The van der Waals surface area contributed by atoms with Crippen LogP contribution in [0.2, 0.25) is 0 Å². The average Bonchev–Trinajstić information content (AvgIpc) is 2.50. The van der Waals surface area contributed by atoms with Gasteiger partial charge in [0.2, 0.25) is 5.91 Å². The second kappa shape index (κ2) is 14.5. The quantitative estimate of drug-likeness (QED) is 0.218. The highest BCUT2D eigenvalue weighted by atomic mass is 33.1. The van der Waals surface area contributed by atoms with Gasteiger partial charge in [-0.3, -0.25) is 9.59 Å². The summed E-state index contributed by atoms with van der Waals surface area (Å²) >= 11 is 1.80. The van der Waals surface area contributed by atoms with Gasteiger partial charge in [-0.1, -0.05) is 21.6 Å². The molecule has 130 valence electrons. The fraction of sp³-hybridized carbons (Fsp3) is 0.846. The minimum absolute atomic E-state index is 0.135. The first-order valence-corrected chi connectivity index (χ1v) is 10.9. The van der Waals surface area contributed by atoms with Crippen molar-refractivity contribution in [2.75, 3.05) is 37.2 Å². The molecule has 0 spiro atoms. The molecule has 3 N–H and O–H groups in total. The van der Waals surface area contributed by atoms with E-state index in [2.05, 4.69) is 11.6 Å². The second-order valence-corrected chi connectivity index (χ2v) is 8.08. The Hall–Kier alpha value is -0.0900. The lowest BCUT2D eigenvalue weighted by Gasteiger charge is -2.11. The molecule has 0 heterocycles. The van der Waals surface area contributed by atoms with Crippen molar-refractivity contribution in [1.29, 1.82) is 0 Å². The molecule has 2 unspecified atom stereocenters. The molecule has 0 aromatic heterocycles. The van der Waals surface area contributed by atoms with E-state index in [1.807, 2.05) is 0 Å². The lowest BCUT2D eigenvalue weighted by atomic mass is 10.3. The predicted molar refractivity (Wildman–Crippen MR) is 96.1 cm³/mol. The van der Waals surface area contributed by atoms with Gasteiger partial charge in [-0.2, -0.15) is 11.8 Å². The molecular weight excluding hydrogens is 344 g/mol. The predicted octanol–water partition coefficient (Wildman–Crippen LogP) is 1.49. The Bertz CT molecular complexity index is 322. The number of thioether (sulfide) groups is 1. The fourth-order valence-corrected chi connectivity index (χ4v) is 3.99. The number of nitrogens with one attached hydrogen (secondary N) is 1. The minimum atomic E-state index is -0.605. The number of carbonyl (C=O) groups excluding carboxylic acids is 2. The number of amides is 1. The molecule has 6 nitrogen and oxygen atoms in total. The lowest BCUT2D eigenvalue weighted by molar-refractivity contribution is -0.169. The summed E-state index contributed by atoms with van der Waals surface area (Å²) in [5.41, 5.74) is 5.95. The van der Waals surface area contributed by atoms with Gasteiger partial charge in [0.05, 0.1) is 0 Å². The number of nitrogens with two attached hydrogens (primary N) is 1. The van der Waals surface area contributed by atoms with Crippen molar-refractivity contribution in [3.63, 3.8) is 0 Å². The van der Waals surface area contributed by atoms with Gasteiger partial charge < -0.3 is 20.5 Å². The number of carbonyl (C=O) groups is 2. The highest BCUT2D eigenvalue weighted by Crippen LogP contribution is 2.23. The van der Waals surface area contributed by atoms with E-state index >= 15 is 0 Å². The van der Waals surface area contributed by atoms with E-state index < -0.39 is 12.3 Å². The largest absolute Gasteiger partial charge is 0.435 e. The van der Waals surface area contributed by atoms with Gasteiger partial charge in [0.1, 0.15) is 6.54 Å². The van der Waals surface area contributed by atoms with Crippen molar-refractivity contribution in [3.05, 3.63) is 0 Å². The van der Waals surface area contributed by atoms with E-state index in [1.54, 1.807) is 40.3 Å². The summed E-state index contributed by atoms with van der Waals surface area (Å²) in [7, 11) is 4.75. The van der Waals surface area contributed by atoms with Gasteiger partial charge in [0, 0.05) is 31.1 Å². The summed E-state index contributed by atoms with van der Waals surface area (Å²) < 4.78 is 9.64. The molecule has 0 rings (SSSR count). The molecule has 1 amide bonds. The SMILES string of the molecule is COC(C)OC(=O)CNC(=O)CCSSCC(N)CCSC. The molecule has 0 aliphatic heterocycles. The van der Waals surface area contributed by atoms with Gasteiger partial charge >= 0.3 is 5.97 Å². The highest BCUT2D eigenvalue weighted by molar-refractivity contribution is 8.76. The van der Waals surface area contributed by atoms with Gasteiger partial charge in [0.15, 0.2) is 6.29 Å². The first-order chi connectivity index (χ1) is 10.5. The maximum Gasteiger partial charge on any atom is 0.327 e. The van der Waals surface area contributed by atoms with Crippen molar-refractivity contribution >= 4 is 45.2 Å². The number of methoxy groups -OCH3 is 1. The normalized spacial score (nSPS) is 13.5. The highest BCUT2D eigenvalue weighted by Gasteiger charge is 2.10. The zero-order valence-corrected chi connectivity index (χ0v) is 15.8. The standard InChI is InChI=1S/C13H26N2O4S3/c1-10(18-2)19-13(17)8-15-12(16)5-7-21-22-9-11(14)4-6-20-3/h10-11H,4-9,14H2,1-3H3,(H,15,16). The van der Waals surface area contributed by atoms with E-state index in [-0.39, 0.29) is 18.5 Å². The van der Waals surface area contributed by atoms with E-state index in [9.17, 15) is 9.59 Å². The maximum absolute atomic E-state index is 11.5. The Morgan fingerprint density at radius 1 is 1.27 bits per heavy atom. The Balaban J connectivity index is 3.52. The minimum Gasteiger partial charge on any atom is -0.435 e. The van der Waals surface area contributed by atoms with Crippen LogP contribution in [0.4, 0.5) is 0 Å². The summed E-state index contributed by atoms with van der Waals surface area (Å²) in [6.07, 6.45) is 2.84. The molecule has 2 atom stereocenters. The van der Waals surface area contributed by atoms with Gasteiger partial charge in [-0.15, -0.1) is 0 Å². The van der Waals surface area contributed by atoms with Crippen LogP contribution in [0.5, 0.6) is 0 Å². The number of esters is 1. The van der Waals surface area contributed by atoms with Crippen LogP contribution < -0.4 is 11.1 Å². The third kappa shape index (κ3) is 13.6. The Labute approximate surface area is 144 Å². The van der Waals surface area contributed by atoms with Gasteiger partial charge in [-0.25, -0.2) is 0 Å². The number of rotatable bonds is 13. The summed E-state index contributed by atoms with van der Waals surface area (Å²) in [6, 6.07) is 0.205. The van der Waals surface area contributed by atoms with Gasteiger partial charge in [0.25, 0.3) is 0 Å². The first-order valence-electron chi connectivity index (χ1n) is 6.97. The zero-order valence-electron chi connectivity index (χ0n) is 13.3. The van der Waals surface area contributed by atoms with Crippen molar-refractivity contribution in [3.8, 4) is 0 Å². The smallest absolute Gasteiger partial charge is 0.327 e. The number of hydrogen-bond donors (Lipinski definition) is 2. The van der Waals surface area contributed by atoms with Crippen LogP contribution in [-0.4, -0.2) is 61.4 Å². The molecule has 0 aromatic rings. The number of ether oxygens (including phenoxy) is 2. The molecule has 0 aliphatic rings. The summed E-state index contributed by atoms with van der Waals surface area (Å²) in [5.74, 6) is 1.97. The van der Waals surface area contributed by atoms with Crippen LogP contribution in [-0.2, 0) is 19.1 Å². The van der Waals surface area contributed by atoms with Gasteiger partial charge in [-0.05, 0) is 25.4 Å². The molecule has 0 aromatic carbocycles. The molecule has 0 saturated carbocycles. The van der Waals surface area contributed by atoms with Crippen LogP contribution >= 0.6 is 33.3 Å². The van der Waals surface area contributed by atoms with Crippen LogP contribution in [0.25, 0.3) is 0 Å². The molecule has 0 fully saturated rings. The molecule has 0 aliphatic carbocycles. The van der Waals surface area contributed by atoms with E-state index in [0.717, 1.165) is 17.9 Å². The summed E-state index contributed by atoms with van der Waals surface area (Å²) in [5, 5.41) is 2.52. The van der Waals surface area contributed by atoms with E-state index in [4.69, 9.17) is 15.2 Å². The lowest BCUT2D eigenvalue weighted by Crippen LogP contribution is -2.32. The second-order valence-electron chi connectivity index (χ2n) is 4.47.